The standard InChI is InChI=1S/C6H7ClN2O2/c1-3-4(6(10)11)8-9(2)5(3)7/h1-2H3,(H,10,11). The molecule has 0 aliphatic heterocycles. The SMILES string of the molecule is Cc1c(C(=O)O)nn(C)c1Cl. The van der Waals surface area contributed by atoms with E-state index in [1.54, 1.807) is 14.0 Å². The van der Waals surface area contributed by atoms with Crippen molar-refractivity contribution >= 4 is 17.6 Å². The molecule has 1 aromatic rings. The zero-order chi connectivity index (χ0) is 8.59. The summed E-state index contributed by atoms with van der Waals surface area (Å²) in [7, 11) is 1.60. The van der Waals surface area contributed by atoms with Crippen molar-refractivity contribution in [3.05, 3.63) is 16.4 Å². The van der Waals surface area contributed by atoms with E-state index in [-0.39, 0.29) is 5.69 Å². The van der Waals surface area contributed by atoms with Gasteiger partial charge in [0.2, 0.25) is 0 Å². The molecule has 0 aliphatic carbocycles. The molecule has 0 spiro atoms. The van der Waals surface area contributed by atoms with Crippen LogP contribution in [-0.4, -0.2) is 20.9 Å². The molecule has 11 heavy (non-hydrogen) atoms. The van der Waals surface area contributed by atoms with Crippen molar-refractivity contribution in [3.8, 4) is 0 Å². The van der Waals surface area contributed by atoms with Crippen LogP contribution < -0.4 is 0 Å². The Labute approximate surface area is 68.4 Å². The number of carboxylic acid groups (broad SMARTS) is 1. The van der Waals surface area contributed by atoms with E-state index in [0.717, 1.165) is 0 Å². The zero-order valence-corrected chi connectivity index (χ0v) is 6.88. The van der Waals surface area contributed by atoms with Gasteiger partial charge in [0.25, 0.3) is 0 Å². The van der Waals surface area contributed by atoms with Gasteiger partial charge in [-0.15, -0.1) is 0 Å². The smallest absolute Gasteiger partial charge is 0.356 e. The summed E-state index contributed by atoms with van der Waals surface area (Å²) in [6, 6.07) is 0. The summed E-state index contributed by atoms with van der Waals surface area (Å²) in [5.41, 5.74) is 0.513. The fraction of sp³-hybridized carbons (Fsp3) is 0.333. The van der Waals surface area contributed by atoms with Gasteiger partial charge in [0.15, 0.2) is 5.69 Å². The lowest BCUT2D eigenvalue weighted by molar-refractivity contribution is 0.0689. The Bertz CT molecular complexity index is 306. The Morgan fingerprint density at radius 1 is 1.73 bits per heavy atom. The maximum atomic E-state index is 10.5. The summed E-state index contributed by atoms with van der Waals surface area (Å²) in [5, 5.41) is 12.6. The van der Waals surface area contributed by atoms with Gasteiger partial charge in [-0.3, -0.25) is 4.68 Å². The lowest BCUT2D eigenvalue weighted by Crippen LogP contribution is -2.00. The quantitative estimate of drug-likeness (QED) is 0.693. The van der Waals surface area contributed by atoms with Crippen molar-refractivity contribution in [2.45, 2.75) is 6.92 Å². The third kappa shape index (κ3) is 1.21. The largest absolute Gasteiger partial charge is 0.476 e. The predicted octanol–water partition coefficient (Wildman–Crippen LogP) is 1.08. The van der Waals surface area contributed by atoms with Crippen LogP contribution in [0.3, 0.4) is 0 Å². The summed E-state index contributed by atoms with van der Waals surface area (Å²) >= 11 is 5.68. The van der Waals surface area contributed by atoms with Gasteiger partial charge in [0.1, 0.15) is 5.15 Å². The molecule has 1 N–H and O–H groups in total. The molecule has 0 aliphatic rings. The second kappa shape index (κ2) is 2.54. The maximum absolute atomic E-state index is 10.5. The maximum Gasteiger partial charge on any atom is 0.356 e. The number of hydrogen-bond donors (Lipinski definition) is 1. The Balaban J connectivity index is 3.29. The first-order valence-corrected chi connectivity index (χ1v) is 3.34. The van der Waals surface area contributed by atoms with Gasteiger partial charge in [0, 0.05) is 12.6 Å². The highest BCUT2D eigenvalue weighted by molar-refractivity contribution is 6.30. The fourth-order valence-electron chi connectivity index (χ4n) is 0.812. The topological polar surface area (TPSA) is 55.1 Å². The average molecular weight is 175 g/mol. The minimum atomic E-state index is -1.05. The van der Waals surface area contributed by atoms with Crippen molar-refractivity contribution in [1.29, 1.82) is 0 Å². The van der Waals surface area contributed by atoms with Crippen LogP contribution in [0, 0.1) is 6.92 Å². The second-order valence-electron chi connectivity index (χ2n) is 2.19. The molecule has 0 bridgehead atoms. The van der Waals surface area contributed by atoms with E-state index in [1.165, 1.54) is 4.68 Å². The highest BCUT2D eigenvalue weighted by atomic mass is 35.5. The van der Waals surface area contributed by atoms with Crippen LogP contribution in [0.4, 0.5) is 0 Å². The van der Waals surface area contributed by atoms with Gasteiger partial charge in [-0.2, -0.15) is 5.10 Å². The number of carboxylic acids is 1. The number of hydrogen-bond acceptors (Lipinski definition) is 2. The number of carbonyl (C=O) groups is 1. The van der Waals surface area contributed by atoms with Crippen LogP contribution in [0.25, 0.3) is 0 Å². The van der Waals surface area contributed by atoms with E-state index in [2.05, 4.69) is 5.10 Å². The van der Waals surface area contributed by atoms with Gasteiger partial charge in [-0.1, -0.05) is 11.6 Å². The summed E-state index contributed by atoms with van der Waals surface area (Å²) in [6.45, 7) is 1.62. The van der Waals surface area contributed by atoms with Crippen LogP contribution in [0.1, 0.15) is 16.1 Å². The Kier molecular flexibility index (Phi) is 1.87. The van der Waals surface area contributed by atoms with Crippen molar-refractivity contribution in [3.63, 3.8) is 0 Å². The van der Waals surface area contributed by atoms with E-state index >= 15 is 0 Å². The number of halogens is 1. The van der Waals surface area contributed by atoms with Crippen LogP contribution in [0.15, 0.2) is 0 Å². The molecule has 0 saturated carbocycles. The monoisotopic (exact) mass is 174 g/mol. The molecule has 0 saturated heterocycles. The molecule has 4 nitrogen and oxygen atoms in total. The molecule has 0 amide bonds. The van der Waals surface area contributed by atoms with E-state index in [0.29, 0.717) is 10.7 Å². The minimum Gasteiger partial charge on any atom is -0.476 e. The van der Waals surface area contributed by atoms with Crippen LogP contribution in [-0.2, 0) is 7.05 Å². The van der Waals surface area contributed by atoms with E-state index in [9.17, 15) is 4.79 Å². The van der Waals surface area contributed by atoms with Crippen LogP contribution >= 0.6 is 11.6 Å². The van der Waals surface area contributed by atoms with Crippen LogP contribution in [0.2, 0.25) is 5.15 Å². The molecular weight excluding hydrogens is 168 g/mol. The Morgan fingerprint density at radius 2 is 2.27 bits per heavy atom. The molecule has 0 fully saturated rings. The molecule has 5 heteroatoms. The number of rotatable bonds is 1. The predicted molar refractivity (Wildman–Crippen MR) is 39.9 cm³/mol. The normalized spacial score (nSPS) is 10.1. The number of aromatic nitrogens is 2. The van der Waals surface area contributed by atoms with Gasteiger partial charge in [-0.25, -0.2) is 4.79 Å². The third-order valence-corrected chi connectivity index (χ3v) is 1.93. The summed E-state index contributed by atoms with van der Waals surface area (Å²) in [6.07, 6.45) is 0. The number of aromatic carboxylic acids is 1. The first kappa shape index (κ1) is 8.07. The first-order chi connectivity index (χ1) is 5.04. The molecule has 0 unspecified atom stereocenters. The highest BCUT2D eigenvalue weighted by Gasteiger charge is 2.15. The number of aryl methyl sites for hydroxylation is 1. The van der Waals surface area contributed by atoms with Crippen molar-refractivity contribution < 1.29 is 9.90 Å². The molecule has 1 heterocycles. The van der Waals surface area contributed by atoms with Gasteiger partial charge >= 0.3 is 5.97 Å². The van der Waals surface area contributed by atoms with E-state index in [4.69, 9.17) is 16.7 Å². The third-order valence-electron chi connectivity index (χ3n) is 1.40. The van der Waals surface area contributed by atoms with Gasteiger partial charge < -0.3 is 5.11 Å². The molecular formula is C6H7ClN2O2. The Morgan fingerprint density at radius 3 is 2.45 bits per heavy atom. The highest BCUT2D eigenvalue weighted by Crippen LogP contribution is 2.16. The van der Waals surface area contributed by atoms with E-state index < -0.39 is 5.97 Å². The van der Waals surface area contributed by atoms with Crippen molar-refractivity contribution in [2.24, 2.45) is 7.05 Å². The first-order valence-electron chi connectivity index (χ1n) is 2.96. The summed E-state index contributed by atoms with van der Waals surface area (Å²) in [5.74, 6) is -1.05. The molecule has 1 rings (SSSR count). The van der Waals surface area contributed by atoms with Gasteiger partial charge in [0.05, 0.1) is 0 Å². The average Bonchev–Trinajstić information content (AvgIpc) is 2.17. The molecule has 0 radical (unpaired) electrons. The minimum absolute atomic E-state index is 0.0116. The zero-order valence-electron chi connectivity index (χ0n) is 6.13. The lowest BCUT2D eigenvalue weighted by Gasteiger charge is -1.87. The van der Waals surface area contributed by atoms with Gasteiger partial charge in [-0.05, 0) is 6.92 Å². The second-order valence-corrected chi connectivity index (χ2v) is 2.55. The fourth-order valence-corrected chi connectivity index (χ4v) is 0.940. The molecule has 0 atom stereocenters. The van der Waals surface area contributed by atoms with Crippen LogP contribution in [0.5, 0.6) is 0 Å². The van der Waals surface area contributed by atoms with Crippen molar-refractivity contribution in [2.75, 3.05) is 0 Å². The molecule has 1 aromatic heterocycles. The summed E-state index contributed by atoms with van der Waals surface area (Å²) < 4.78 is 1.33. The number of nitrogens with zero attached hydrogens (tertiary/aromatic N) is 2. The molecule has 60 valence electrons. The van der Waals surface area contributed by atoms with Crippen molar-refractivity contribution in [1.82, 2.24) is 9.78 Å². The lowest BCUT2D eigenvalue weighted by atomic mass is 10.3. The Hall–Kier alpha value is -1.03. The van der Waals surface area contributed by atoms with E-state index in [1.807, 2.05) is 0 Å². The summed E-state index contributed by atoms with van der Waals surface area (Å²) in [4.78, 5) is 10.5. The molecule has 0 aromatic carbocycles.